The van der Waals surface area contributed by atoms with Crippen molar-refractivity contribution in [2.45, 2.75) is 32.6 Å². The van der Waals surface area contributed by atoms with Gasteiger partial charge < -0.3 is 15.1 Å². The third-order valence-corrected chi connectivity index (χ3v) is 4.21. The van der Waals surface area contributed by atoms with E-state index >= 15 is 0 Å². The van der Waals surface area contributed by atoms with Gasteiger partial charge in [0.15, 0.2) is 0 Å². The lowest BCUT2D eigenvalue weighted by Gasteiger charge is -2.28. The summed E-state index contributed by atoms with van der Waals surface area (Å²) in [6, 6.07) is 10.1. The molecule has 0 atom stereocenters. The van der Waals surface area contributed by atoms with Gasteiger partial charge >= 0.3 is 0 Å². The Morgan fingerprint density at radius 2 is 1.91 bits per heavy atom. The van der Waals surface area contributed by atoms with Gasteiger partial charge in [0.1, 0.15) is 0 Å². The Labute approximate surface area is 134 Å². The Balaban J connectivity index is 1.89. The number of rotatable bonds is 8. The maximum Gasteiger partial charge on any atom is 0.228 e. The summed E-state index contributed by atoms with van der Waals surface area (Å²) in [5.41, 5.74) is 1.03. The summed E-state index contributed by atoms with van der Waals surface area (Å²) in [4.78, 5) is 17.0. The zero-order chi connectivity index (χ0) is 15.6. The first-order valence-corrected chi connectivity index (χ1v) is 8.59. The topological polar surface area (TPSA) is 35.6 Å². The van der Waals surface area contributed by atoms with Crippen LogP contribution in [0.1, 0.15) is 32.6 Å². The van der Waals surface area contributed by atoms with E-state index in [-0.39, 0.29) is 5.91 Å². The lowest BCUT2D eigenvalue weighted by Crippen LogP contribution is -2.45. The standard InChI is InChI=1S/C18H29N3O/c1-2-3-7-13-21(17-8-5-4-6-9-17)18(22)10-14-20-15-11-19-12-16-20/h4-6,8-9,19H,2-3,7,10-16H2,1H3. The highest BCUT2D eigenvalue weighted by Crippen LogP contribution is 2.16. The quantitative estimate of drug-likeness (QED) is 0.750. The van der Waals surface area contributed by atoms with Crippen LogP contribution in [0.3, 0.4) is 0 Å². The first kappa shape index (κ1) is 17.0. The molecule has 0 radical (unpaired) electrons. The highest BCUT2D eigenvalue weighted by Gasteiger charge is 2.17. The van der Waals surface area contributed by atoms with Crippen LogP contribution in [-0.2, 0) is 4.79 Å². The van der Waals surface area contributed by atoms with E-state index in [9.17, 15) is 4.79 Å². The molecule has 4 heteroatoms. The number of nitrogens with zero attached hydrogens (tertiary/aromatic N) is 2. The SMILES string of the molecule is CCCCCN(C(=O)CCN1CCNCC1)c1ccccc1. The fraction of sp³-hybridized carbons (Fsp3) is 0.611. The molecule has 0 bridgehead atoms. The predicted octanol–water partition coefficient (Wildman–Crippen LogP) is 2.51. The molecule has 0 aromatic heterocycles. The van der Waals surface area contributed by atoms with E-state index in [1.54, 1.807) is 0 Å². The molecule has 22 heavy (non-hydrogen) atoms. The van der Waals surface area contributed by atoms with E-state index in [1.807, 2.05) is 35.2 Å². The Kier molecular flexibility index (Phi) is 7.40. The molecule has 122 valence electrons. The fourth-order valence-electron chi connectivity index (χ4n) is 2.85. The summed E-state index contributed by atoms with van der Waals surface area (Å²) in [6.45, 7) is 8.07. The number of carbonyl (C=O) groups is 1. The minimum atomic E-state index is 0.251. The van der Waals surface area contributed by atoms with Crippen LogP contribution in [0.25, 0.3) is 0 Å². The van der Waals surface area contributed by atoms with E-state index < -0.39 is 0 Å². The molecule has 1 aliphatic rings. The number of amides is 1. The first-order chi connectivity index (χ1) is 10.8. The summed E-state index contributed by atoms with van der Waals surface area (Å²) in [5, 5.41) is 3.35. The highest BCUT2D eigenvalue weighted by atomic mass is 16.2. The fourth-order valence-corrected chi connectivity index (χ4v) is 2.85. The molecule has 2 rings (SSSR count). The summed E-state index contributed by atoms with van der Waals surface area (Å²) in [5.74, 6) is 0.251. The van der Waals surface area contributed by atoms with Gasteiger partial charge in [-0.2, -0.15) is 0 Å². The van der Waals surface area contributed by atoms with Crippen molar-refractivity contribution in [3.63, 3.8) is 0 Å². The number of unbranched alkanes of at least 4 members (excludes halogenated alkanes) is 2. The van der Waals surface area contributed by atoms with Gasteiger partial charge in [-0.1, -0.05) is 38.0 Å². The second kappa shape index (κ2) is 9.59. The Bertz CT molecular complexity index is 429. The monoisotopic (exact) mass is 303 g/mol. The normalized spacial score (nSPS) is 15.7. The van der Waals surface area contributed by atoms with Gasteiger partial charge in [0.05, 0.1) is 0 Å². The van der Waals surface area contributed by atoms with Crippen LogP contribution in [0.2, 0.25) is 0 Å². The minimum Gasteiger partial charge on any atom is -0.314 e. The van der Waals surface area contributed by atoms with Gasteiger partial charge in [-0.15, -0.1) is 0 Å². The van der Waals surface area contributed by atoms with Crippen LogP contribution in [0.15, 0.2) is 30.3 Å². The van der Waals surface area contributed by atoms with Crippen molar-refractivity contribution in [1.29, 1.82) is 0 Å². The molecular weight excluding hydrogens is 274 g/mol. The van der Waals surface area contributed by atoms with Gasteiger partial charge in [-0.25, -0.2) is 0 Å². The molecule has 1 heterocycles. The second-order valence-corrected chi connectivity index (χ2v) is 5.93. The number of carbonyl (C=O) groups excluding carboxylic acids is 1. The average Bonchev–Trinajstić information content (AvgIpc) is 2.58. The molecule has 1 N–H and O–H groups in total. The van der Waals surface area contributed by atoms with Crippen LogP contribution in [0.4, 0.5) is 5.69 Å². The molecule has 0 aliphatic carbocycles. The van der Waals surface area contributed by atoms with Gasteiger partial charge in [0.2, 0.25) is 5.91 Å². The second-order valence-electron chi connectivity index (χ2n) is 5.93. The van der Waals surface area contributed by atoms with Gasteiger partial charge in [-0.05, 0) is 18.6 Å². The molecule has 1 amide bonds. The molecule has 4 nitrogen and oxygen atoms in total. The van der Waals surface area contributed by atoms with Crippen molar-refractivity contribution >= 4 is 11.6 Å². The molecule has 1 aromatic carbocycles. The molecular formula is C18H29N3O. The number of para-hydroxylation sites is 1. The first-order valence-electron chi connectivity index (χ1n) is 8.59. The van der Waals surface area contributed by atoms with Crippen LogP contribution in [0.5, 0.6) is 0 Å². The predicted molar refractivity (Wildman–Crippen MR) is 92.2 cm³/mol. The Hall–Kier alpha value is -1.39. The lowest BCUT2D eigenvalue weighted by molar-refractivity contribution is -0.119. The number of nitrogens with one attached hydrogen (secondary N) is 1. The average molecular weight is 303 g/mol. The molecule has 1 aliphatic heterocycles. The number of benzene rings is 1. The van der Waals surface area contributed by atoms with Crippen LogP contribution < -0.4 is 10.2 Å². The molecule has 1 saturated heterocycles. The molecule has 0 saturated carbocycles. The van der Waals surface area contributed by atoms with Gasteiger partial charge in [-0.3, -0.25) is 4.79 Å². The van der Waals surface area contributed by atoms with Crippen molar-refractivity contribution in [1.82, 2.24) is 10.2 Å². The maximum absolute atomic E-state index is 12.7. The van der Waals surface area contributed by atoms with Crippen molar-refractivity contribution in [3.8, 4) is 0 Å². The van der Waals surface area contributed by atoms with Gasteiger partial charge in [0, 0.05) is 51.4 Å². The molecule has 1 fully saturated rings. The van der Waals surface area contributed by atoms with Crippen LogP contribution in [0, 0.1) is 0 Å². The number of anilines is 1. The summed E-state index contributed by atoms with van der Waals surface area (Å²) in [6.07, 6.45) is 4.04. The zero-order valence-electron chi connectivity index (χ0n) is 13.8. The third-order valence-electron chi connectivity index (χ3n) is 4.21. The minimum absolute atomic E-state index is 0.251. The maximum atomic E-state index is 12.7. The number of piperazine rings is 1. The van der Waals surface area contributed by atoms with E-state index in [0.717, 1.165) is 51.4 Å². The van der Waals surface area contributed by atoms with Crippen molar-refractivity contribution in [2.75, 3.05) is 44.2 Å². The Morgan fingerprint density at radius 3 is 2.59 bits per heavy atom. The lowest BCUT2D eigenvalue weighted by atomic mass is 10.2. The van der Waals surface area contributed by atoms with Crippen LogP contribution >= 0.6 is 0 Å². The zero-order valence-corrected chi connectivity index (χ0v) is 13.8. The largest absolute Gasteiger partial charge is 0.314 e. The Morgan fingerprint density at radius 1 is 1.18 bits per heavy atom. The summed E-state index contributed by atoms with van der Waals surface area (Å²) < 4.78 is 0. The summed E-state index contributed by atoms with van der Waals surface area (Å²) >= 11 is 0. The van der Waals surface area contributed by atoms with Crippen molar-refractivity contribution < 1.29 is 4.79 Å². The van der Waals surface area contributed by atoms with E-state index in [0.29, 0.717) is 6.42 Å². The van der Waals surface area contributed by atoms with Crippen molar-refractivity contribution in [2.24, 2.45) is 0 Å². The third kappa shape index (κ3) is 5.43. The summed E-state index contributed by atoms with van der Waals surface area (Å²) in [7, 11) is 0. The van der Waals surface area contributed by atoms with E-state index in [2.05, 4.69) is 17.1 Å². The molecule has 0 unspecified atom stereocenters. The smallest absolute Gasteiger partial charge is 0.228 e. The number of hydrogen-bond donors (Lipinski definition) is 1. The van der Waals surface area contributed by atoms with Gasteiger partial charge in [0.25, 0.3) is 0 Å². The molecule has 0 spiro atoms. The molecule has 1 aromatic rings. The van der Waals surface area contributed by atoms with Crippen molar-refractivity contribution in [3.05, 3.63) is 30.3 Å². The highest BCUT2D eigenvalue weighted by molar-refractivity contribution is 5.93. The van der Waals surface area contributed by atoms with E-state index in [1.165, 1.54) is 12.8 Å². The van der Waals surface area contributed by atoms with Crippen LogP contribution in [-0.4, -0.2) is 50.1 Å². The van der Waals surface area contributed by atoms with E-state index in [4.69, 9.17) is 0 Å². The number of hydrogen-bond acceptors (Lipinski definition) is 3.